The van der Waals surface area contributed by atoms with Crippen molar-refractivity contribution in [3.8, 4) is 5.88 Å². The highest BCUT2D eigenvalue weighted by Crippen LogP contribution is 2.17. The van der Waals surface area contributed by atoms with Crippen molar-refractivity contribution in [2.45, 2.75) is 6.18 Å². The van der Waals surface area contributed by atoms with Crippen molar-refractivity contribution >= 4 is 5.84 Å². The number of aromatic nitrogens is 1. The Morgan fingerprint density at radius 1 is 1.53 bits per heavy atom. The Balaban J connectivity index is 2.70. The second-order valence-corrected chi connectivity index (χ2v) is 2.70. The number of nitrogens with one attached hydrogen (secondary N) is 1. The number of halogens is 3. The van der Waals surface area contributed by atoms with Gasteiger partial charge in [-0.15, -0.1) is 0 Å². The molecule has 0 aromatic carbocycles. The molecular weight excluding hydrogens is 211 g/mol. The van der Waals surface area contributed by atoms with Crippen molar-refractivity contribution in [3.63, 3.8) is 0 Å². The first-order valence-electron chi connectivity index (χ1n) is 3.88. The van der Waals surface area contributed by atoms with Gasteiger partial charge in [0.1, 0.15) is 5.84 Å². The summed E-state index contributed by atoms with van der Waals surface area (Å²) in [6.07, 6.45) is -3.18. The molecule has 3 N–H and O–H groups in total. The molecular formula is C8H8F3N3O. The zero-order valence-corrected chi connectivity index (χ0v) is 7.51. The van der Waals surface area contributed by atoms with Crippen LogP contribution in [0.15, 0.2) is 18.3 Å². The zero-order chi connectivity index (χ0) is 11.5. The standard InChI is InChI=1S/C8H8F3N3O/c9-8(10,11)4-15-6-3-5(7(12)13)1-2-14-6/h1-3H,4H2,(H3,12,13). The molecule has 0 fully saturated rings. The van der Waals surface area contributed by atoms with Crippen LogP contribution in [0.1, 0.15) is 5.56 Å². The molecule has 0 amide bonds. The van der Waals surface area contributed by atoms with E-state index in [-0.39, 0.29) is 17.3 Å². The van der Waals surface area contributed by atoms with Crippen LogP contribution in [0.25, 0.3) is 0 Å². The van der Waals surface area contributed by atoms with E-state index < -0.39 is 12.8 Å². The van der Waals surface area contributed by atoms with Gasteiger partial charge in [0.2, 0.25) is 5.88 Å². The minimum atomic E-state index is -4.41. The van der Waals surface area contributed by atoms with E-state index in [1.54, 1.807) is 0 Å². The Hall–Kier alpha value is -1.79. The molecule has 15 heavy (non-hydrogen) atoms. The molecule has 1 aromatic heterocycles. The van der Waals surface area contributed by atoms with E-state index in [1.165, 1.54) is 18.3 Å². The van der Waals surface area contributed by atoms with Gasteiger partial charge in [-0.25, -0.2) is 4.98 Å². The van der Waals surface area contributed by atoms with Crippen molar-refractivity contribution in [1.29, 1.82) is 5.41 Å². The molecule has 1 aromatic rings. The van der Waals surface area contributed by atoms with Crippen LogP contribution in [-0.2, 0) is 0 Å². The lowest BCUT2D eigenvalue weighted by Crippen LogP contribution is -2.20. The Kier molecular flexibility index (Phi) is 3.13. The molecule has 7 heteroatoms. The lowest BCUT2D eigenvalue weighted by molar-refractivity contribution is -0.154. The van der Waals surface area contributed by atoms with E-state index in [4.69, 9.17) is 11.1 Å². The van der Waals surface area contributed by atoms with Crippen LogP contribution in [0.4, 0.5) is 13.2 Å². The Bertz CT molecular complexity index is 364. The van der Waals surface area contributed by atoms with E-state index in [1.807, 2.05) is 0 Å². The number of hydrogen-bond donors (Lipinski definition) is 2. The van der Waals surface area contributed by atoms with Crippen molar-refractivity contribution in [1.82, 2.24) is 4.98 Å². The maximum atomic E-state index is 11.8. The quantitative estimate of drug-likeness (QED) is 0.594. The van der Waals surface area contributed by atoms with Gasteiger partial charge in [0.05, 0.1) is 0 Å². The van der Waals surface area contributed by atoms with Gasteiger partial charge < -0.3 is 10.5 Å². The van der Waals surface area contributed by atoms with Crippen LogP contribution >= 0.6 is 0 Å². The van der Waals surface area contributed by atoms with Gasteiger partial charge in [0.15, 0.2) is 6.61 Å². The van der Waals surface area contributed by atoms with E-state index in [0.29, 0.717) is 0 Å². The summed E-state index contributed by atoms with van der Waals surface area (Å²) in [5.74, 6) is -0.464. The first-order chi connectivity index (χ1) is 6.88. The molecule has 0 bridgehead atoms. The summed E-state index contributed by atoms with van der Waals surface area (Å²) in [6.45, 7) is -1.42. The topological polar surface area (TPSA) is 72.0 Å². The van der Waals surface area contributed by atoms with Gasteiger partial charge in [-0.2, -0.15) is 13.2 Å². The van der Waals surface area contributed by atoms with Crippen molar-refractivity contribution in [2.75, 3.05) is 6.61 Å². The van der Waals surface area contributed by atoms with Crippen LogP contribution in [0.3, 0.4) is 0 Å². The second kappa shape index (κ2) is 4.16. The summed E-state index contributed by atoms with van der Waals surface area (Å²) >= 11 is 0. The highest BCUT2D eigenvalue weighted by Gasteiger charge is 2.28. The summed E-state index contributed by atoms with van der Waals surface area (Å²) < 4.78 is 39.7. The molecule has 0 aliphatic rings. The average molecular weight is 219 g/mol. The minimum absolute atomic E-state index is 0.208. The summed E-state index contributed by atoms with van der Waals surface area (Å²) in [5.41, 5.74) is 5.41. The maximum Gasteiger partial charge on any atom is 0.422 e. The Morgan fingerprint density at radius 3 is 2.73 bits per heavy atom. The summed E-state index contributed by atoms with van der Waals surface area (Å²) in [4.78, 5) is 3.55. The third-order valence-corrected chi connectivity index (χ3v) is 1.43. The lowest BCUT2D eigenvalue weighted by Gasteiger charge is -2.08. The summed E-state index contributed by atoms with van der Waals surface area (Å²) in [6, 6.07) is 2.58. The molecule has 0 radical (unpaired) electrons. The fourth-order valence-corrected chi connectivity index (χ4v) is 0.812. The van der Waals surface area contributed by atoms with Crippen LogP contribution in [0.2, 0.25) is 0 Å². The number of nitrogen functional groups attached to an aromatic ring is 1. The molecule has 82 valence electrons. The molecule has 0 spiro atoms. The molecule has 4 nitrogen and oxygen atoms in total. The van der Waals surface area contributed by atoms with Crippen LogP contribution in [0, 0.1) is 5.41 Å². The number of amidine groups is 1. The fourth-order valence-electron chi connectivity index (χ4n) is 0.812. The molecule has 0 aliphatic heterocycles. The van der Waals surface area contributed by atoms with E-state index in [9.17, 15) is 13.2 Å². The third kappa shape index (κ3) is 3.84. The monoisotopic (exact) mass is 219 g/mol. The molecule has 0 unspecified atom stereocenters. The molecule has 0 aliphatic carbocycles. The predicted octanol–water partition coefficient (Wildman–Crippen LogP) is 1.31. The largest absolute Gasteiger partial charge is 0.468 e. The summed E-state index contributed by atoms with van der Waals surface area (Å²) in [5, 5.41) is 7.06. The SMILES string of the molecule is N=C(N)c1ccnc(OCC(F)(F)F)c1. The van der Waals surface area contributed by atoms with Gasteiger partial charge in [-0.3, -0.25) is 5.41 Å². The Morgan fingerprint density at radius 2 is 2.20 bits per heavy atom. The first kappa shape index (κ1) is 11.3. The van der Waals surface area contributed by atoms with Crippen molar-refractivity contribution < 1.29 is 17.9 Å². The predicted molar refractivity (Wildman–Crippen MR) is 46.8 cm³/mol. The molecule has 1 rings (SSSR count). The number of nitrogens with zero attached hydrogens (tertiary/aromatic N) is 1. The number of ether oxygens (including phenoxy) is 1. The van der Waals surface area contributed by atoms with Crippen LogP contribution in [0.5, 0.6) is 5.88 Å². The van der Waals surface area contributed by atoms with Gasteiger partial charge in [0.25, 0.3) is 0 Å². The van der Waals surface area contributed by atoms with Crippen molar-refractivity contribution in [3.05, 3.63) is 23.9 Å². The van der Waals surface area contributed by atoms with E-state index in [2.05, 4.69) is 9.72 Å². The van der Waals surface area contributed by atoms with Gasteiger partial charge in [-0.05, 0) is 6.07 Å². The van der Waals surface area contributed by atoms with Gasteiger partial charge >= 0.3 is 6.18 Å². The van der Waals surface area contributed by atoms with Crippen LogP contribution < -0.4 is 10.5 Å². The van der Waals surface area contributed by atoms with Gasteiger partial charge in [-0.1, -0.05) is 0 Å². The number of nitrogens with two attached hydrogens (primary N) is 1. The molecule has 0 saturated carbocycles. The highest BCUT2D eigenvalue weighted by molar-refractivity contribution is 5.95. The van der Waals surface area contributed by atoms with Gasteiger partial charge in [0, 0.05) is 17.8 Å². The van der Waals surface area contributed by atoms with E-state index in [0.717, 1.165) is 0 Å². The smallest absolute Gasteiger partial charge is 0.422 e. The minimum Gasteiger partial charge on any atom is -0.468 e. The molecule has 0 atom stereocenters. The first-order valence-corrected chi connectivity index (χ1v) is 3.88. The normalized spacial score (nSPS) is 11.1. The van der Waals surface area contributed by atoms with E-state index >= 15 is 0 Å². The number of pyridine rings is 1. The Labute approximate surface area is 83.4 Å². The second-order valence-electron chi connectivity index (χ2n) is 2.70. The highest BCUT2D eigenvalue weighted by atomic mass is 19.4. The molecule has 1 heterocycles. The zero-order valence-electron chi connectivity index (χ0n) is 7.51. The maximum absolute atomic E-state index is 11.8. The third-order valence-electron chi connectivity index (χ3n) is 1.43. The number of hydrogen-bond acceptors (Lipinski definition) is 3. The molecule has 0 saturated heterocycles. The van der Waals surface area contributed by atoms with Crippen LogP contribution in [-0.4, -0.2) is 23.6 Å². The average Bonchev–Trinajstić information content (AvgIpc) is 2.14. The summed E-state index contributed by atoms with van der Waals surface area (Å²) in [7, 11) is 0. The number of rotatable bonds is 3. The fraction of sp³-hybridized carbons (Fsp3) is 0.250. The lowest BCUT2D eigenvalue weighted by atomic mass is 10.2. The van der Waals surface area contributed by atoms with Crippen molar-refractivity contribution in [2.24, 2.45) is 5.73 Å². The number of alkyl halides is 3.